The van der Waals surface area contributed by atoms with Gasteiger partial charge >= 0.3 is 0 Å². The maximum absolute atomic E-state index is 14.0. The molecule has 39 heavy (non-hydrogen) atoms. The van der Waals surface area contributed by atoms with Crippen molar-refractivity contribution in [2.75, 3.05) is 0 Å². The SMILES string of the molecule is CC[C@@H](c1ccccc1)n1c(CCC(C)C)nc(O)c(S(=O)(=O)c2ccc(-c3ccc(F)nc3C)cc2)c1=O. The first-order chi connectivity index (χ1) is 18.5. The topological polar surface area (TPSA) is 102 Å². The second-order valence-electron chi connectivity index (χ2n) is 9.92. The summed E-state index contributed by atoms with van der Waals surface area (Å²) in [5.41, 5.74) is 1.78. The van der Waals surface area contributed by atoms with Gasteiger partial charge in [-0.25, -0.2) is 13.4 Å². The Kier molecular flexibility index (Phi) is 8.30. The van der Waals surface area contributed by atoms with Crippen LogP contribution in [0.25, 0.3) is 11.1 Å². The van der Waals surface area contributed by atoms with E-state index in [4.69, 9.17) is 0 Å². The molecule has 0 amide bonds. The molecule has 0 bridgehead atoms. The number of hydrogen-bond acceptors (Lipinski definition) is 6. The van der Waals surface area contributed by atoms with E-state index in [0.29, 0.717) is 47.8 Å². The summed E-state index contributed by atoms with van der Waals surface area (Å²) in [5.74, 6) is -0.750. The molecule has 0 aliphatic heterocycles. The largest absolute Gasteiger partial charge is 0.492 e. The molecular weight excluding hydrogens is 517 g/mol. The quantitative estimate of drug-likeness (QED) is 0.262. The molecule has 7 nitrogen and oxygen atoms in total. The van der Waals surface area contributed by atoms with E-state index in [1.54, 1.807) is 25.1 Å². The highest BCUT2D eigenvalue weighted by Crippen LogP contribution is 2.30. The van der Waals surface area contributed by atoms with E-state index < -0.39 is 38.2 Å². The van der Waals surface area contributed by atoms with Crippen molar-refractivity contribution in [2.24, 2.45) is 5.92 Å². The molecule has 4 aromatic rings. The molecule has 0 saturated heterocycles. The predicted molar refractivity (Wildman–Crippen MR) is 148 cm³/mol. The van der Waals surface area contributed by atoms with Gasteiger partial charge in [0.25, 0.3) is 5.56 Å². The fourth-order valence-electron chi connectivity index (χ4n) is 4.71. The Morgan fingerprint density at radius 2 is 1.64 bits per heavy atom. The van der Waals surface area contributed by atoms with E-state index in [9.17, 15) is 22.7 Å². The lowest BCUT2D eigenvalue weighted by atomic mass is 10.0. The standard InChI is InChI=1S/C30H32FN3O4S/c1-5-25(22-9-7-6-8-10-22)34-27(18-11-19(2)3)33-29(35)28(30(34)36)39(37,38)23-14-12-21(13-15-23)24-16-17-26(31)32-20(24)4/h6-10,12-17,19,25,35H,5,11,18H2,1-4H3/t25-/m0/s1. The maximum Gasteiger partial charge on any atom is 0.277 e. The summed E-state index contributed by atoms with van der Waals surface area (Å²) in [6.07, 6.45) is 1.64. The van der Waals surface area contributed by atoms with E-state index in [1.165, 1.54) is 22.8 Å². The van der Waals surface area contributed by atoms with Crippen LogP contribution in [0.15, 0.2) is 81.3 Å². The molecule has 0 fully saturated rings. The highest BCUT2D eigenvalue weighted by atomic mass is 32.2. The van der Waals surface area contributed by atoms with Gasteiger partial charge in [-0.3, -0.25) is 9.36 Å². The number of sulfone groups is 1. The highest BCUT2D eigenvalue weighted by molar-refractivity contribution is 7.91. The minimum Gasteiger partial charge on any atom is -0.492 e. The van der Waals surface area contributed by atoms with E-state index in [0.717, 1.165) is 5.56 Å². The molecule has 2 aromatic heterocycles. The third-order valence-electron chi connectivity index (χ3n) is 6.75. The molecule has 0 saturated carbocycles. The number of aromatic hydroxyl groups is 1. The van der Waals surface area contributed by atoms with Crippen LogP contribution in [0.4, 0.5) is 4.39 Å². The monoisotopic (exact) mass is 549 g/mol. The minimum atomic E-state index is -4.43. The van der Waals surface area contributed by atoms with Crippen LogP contribution in [0, 0.1) is 18.8 Å². The average molecular weight is 550 g/mol. The third-order valence-corrected chi connectivity index (χ3v) is 8.54. The summed E-state index contributed by atoms with van der Waals surface area (Å²) in [7, 11) is -4.43. The van der Waals surface area contributed by atoms with Crippen LogP contribution in [0.5, 0.6) is 5.88 Å². The lowest BCUT2D eigenvalue weighted by Crippen LogP contribution is -2.33. The van der Waals surface area contributed by atoms with E-state index in [2.05, 4.69) is 9.97 Å². The number of aromatic nitrogens is 3. The molecule has 0 radical (unpaired) electrons. The Bertz CT molecular complexity index is 1630. The molecule has 0 aliphatic rings. The summed E-state index contributed by atoms with van der Waals surface area (Å²) in [6.45, 7) is 7.67. The van der Waals surface area contributed by atoms with Gasteiger partial charge in [0.15, 0.2) is 4.90 Å². The van der Waals surface area contributed by atoms with Gasteiger partial charge < -0.3 is 5.11 Å². The van der Waals surface area contributed by atoms with Crippen LogP contribution in [0.1, 0.15) is 56.7 Å². The summed E-state index contributed by atoms with van der Waals surface area (Å²) in [4.78, 5) is 21.1. The molecule has 2 heterocycles. The van der Waals surface area contributed by atoms with Gasteiger partial charge in [0, 0.05) is 17.7 Å². The molecule has 0 aliphatic carbocycles. The number of nitrogens with zero attached hydrogens (tertiary/aromatic N) is 3. The van der Waals surface area contributed by atoms with Crippen molar-refractivity contribution < 1.29 is 17.9 Å². The van der Waals surface area contributed by atoms with Gasteiger partial charge in [0.1, 0.15) is 5.82 Å². The molecule has 204 valence electrons. The Balaban J connectivity index is 1.85. The summed E-state index contributed by atoms with van der Waals surface area (Å²) in [5, 5.41) is 10.8. The first-order valence-corrected chi connectivity index (χ1v) is 14.4. The Morgan fingerprint density at radius 1 is 0.974 bits per heavy atom. The molecule has 0 unspecified atom stereocenters. The fourth-order valence-corrected chi connectivity index (χ4v) is 6.05. The minimum absolute atomic E-state index is 0.164. The van der Waals surface area contributed by atoms with Crippen molar-refractivity contribution in [2.45, 2.75) is 62.8 Å². The first-order valence-electron chi connectivity index (χ1n) is 12.9. The summed E-state index contributed by atoms with van der Waals surface area (Å²) >= 11 is 0. The zero-order valence-electron chi connectivity index (χ0n) is 22.4. The number of benzene rings is 2. The highest BCUT2D eigenvalue weighted by Gasteiger charge is 2.31. The number of rotatable bonds is 9. The van der Waals surface area contributed by atoms with Crippen LogP contribution >= 0.6 is 0 Å². The van der Waals surface area contributed by atoms with Crippen molar-refractivity contribution in [3.8, 4) is 17.0 Å². The normalized spacial score (nSPS) is 12.6. The average Bonchev–Trinajstić information content (AvgIpc) is 2.89. The molecule has 4 rings (SSSR count). The second kappa shape index (κ2) is 11.5. The predicted octanol–water partition coefficient (Wildman–Crippen LogP) is 5.88. The molecule has 1 N–H and O–H groups in total. The van der Waals surface area contributed by atoms with Crippen LogP contribution < -0.4 is 5.56 Å². The van der Waals surface area contributed by atoms with Crippen molar-refractivity contribution in [3.63, 3.8) is 0 Å². The number of pyridine rings is 1. The Morgan fingerprint density at radius 3 is 2.23 bits per heavy atom. The van der Waals surface area contributed by atoms with Crippen LogP contribution in [-0.4, -0.2) is 28.1 Å². The lowest BCUT2D eigenvalue weighted by Gasteiger charge is -2.23. The smallest absolute Gasteiger partial charge is 0.277 e. The van der Waals surface area contributed by atoms with Gasteiger partial charge in [-0.15, -0.1) is 0 Å². The van der Waals surface area contributed by atoms with E-state index in [1.807, 2.05) is 51.1 Å². The Hall–Kier alpha value is -3.85. The first kappa shape index (κ1) is 28.2. The number of hydrogen-bond donors (Lipinski definition) is 1. The van der Waals surface area contributed by atoms with Crippen molar-refractivity contribution in [3.05, 3.63) is 100 Å². The van der Waals surface area contributed by atoms with Crippen molar-refractivity contribution >= 4 is 9.84 Å². The zero-order valence-corrected chi connectivity index (χ0v) is 23.2. The lowest BCUT2D eigenvalue weighted by molar-refractivity contribution is 0.403. The summed E-state index contributed by atoms with van der Waals surface area (Å²) < 4.78 is 42.3. The number of halogens is 1. The second-order valence-corrected chi connectivity index (χ2v) is 11.8. The maximum atomic E-state index is 14.0. The van der Waals surface area contributed by atoms with E-state index in [-0.39, 0.29) is 4.90 Å². The van der Waals surface area contributed by atoms with Crippen molar-refractivity contribution in [1.82, 2.24) is 14.5 Å². The molecule has 0 spiro atoms. The van der Waals surface area contributed by atoms with Gasteiger partial charge in [0.05, 0.1) is 10.9 Å². The molecule has 2 aromatic carbocycles. The summed E-state index contributed by atoms with van der Waals surface area (Å²) in [6, 6.07) is 17.6. The van der Waals surface area contributed by atoms with Gasteiger partial charge in [-0.1, -0.05) is 63.2 Å². The van der Waals surface area contributed by atoms with Gasteiger partial charge in [0.2, 0.25) is 21.7 Å². The van der Waals surface area contributed by atoms with Gasteiger partial charge in [-0.05, 0) is 61.1 Å². The van der Waals surface area contributed by atoms with Crippen LogP contribution in [0.2, 0.25) is 0 Å². The van der Waals surface area contributed by atoms with Crippen LogP contribution in [-0.2, 0) is 16.3 Å². The Labute approximate surface area is 228 Å². The molecular formula is C30H32FN3O4S. The fraction of sp³-hybridized carbons (Fsp3) is 0.300. The number of aryl methyl sites for hydroxylation is 2. The van der Waals surface area contributed by atoms with E-state index >= 15 is 0 Å². The van der Waals surface area contributed by atoms with Crippen LogP contribution in [0.3, 0.4) is 0 Å². The molecule has 9 heteroatoms. The van der Waals surface area contributed by atoms with Gasteiger partial charge in [-0.2, -0.15) is 9.37 Å². The molecule has 1 atom stereocenters. The van der Waals surface area contributed by atoms with Crippen molar-refractivity contribution in [1.29, 1.82) is 0 Å². The zero-order chi connectivity index (χ0) is 28.3. The third kappa shape index (κ3) is 5.78.